The first-order valence-corrected chi connectivity index (χ1v) is 6.21. The number of benzene rings is 1. The average molecular weight is 236 g/mol. The predicted molar refractivity (Wildman–Crippen MR) is 73.1 cm³/mol. The van der Waals surface area contributed by atoms with Crippen molar-refractivity contribution in [1.82, 2.24) is 4.90 Å². The smallest absolute Gasteiger partial charge is 0.0589 e. The number of nitrogen functional groups attached to an aromatic ring is 1. The molecule has 0 aliphatic heterocycles. The Labute approximate surface area is 105 Å². The first-order chi connectivity index (χ1) is 8.15. The molecule has 3 heteroatoms. The van der Waals surface area contributed by atoms with Crippen LogP contribution in [-0.2, 0) is 11.2 Å². The zero-order chi connectivity index (χ0) is 12.7. The number of nitrogens with two attached hydrogens (primary N) is 1. The fraction of sp³-hybridized carbons (Fsp3) is 0.571. The number of methoxy groups -OCH3 is 1. The van der Waals surface area contributed by atoms with Crippen molar-refractivity contribution in [1.29, 1.82) is 0 Å². The normalized spacial score (nSPS) is 11.4. The Morgan fingerprint density at radius 1 is 1.24 bits per heavy atom. The summed E-state index contributed by atoms with van der Waals surface area (Å²) >= 11 is 0. The van der Waals surface area contributed by atoms with Crippen molar-refractivity contribution in [3.05, 3.63) is 29.8 Å². The van der Waals surface area contributed by atoms with Gasteiger partial charge in [-0.1, -0.05) is 18.2 Å². The summed E-state index contributed by atoms with van der Waals surface area (Å²) in [7, 11) is 1.74. The molecule has 0 aromatic heterocycles. The Bertz CT molecular complexity index is 326. The number of hydrogen-bond acceptors (Lipinski definition) is 3. The third-order valence-electron chi connectivity index (χ3n) is 3.04. The summed E-state index contributed by atoms with van der Waals surface area (Å²) in [6, 6.07) is 8.62. The maximum Gasteiger partial charge on any atom is 0.0589 e. The van der Waals surface area contributed by atoms with Gasteiger partial charge in [-0.3, -0.25) is 4.90 Å². The van der Waals surface area contributed by atoms with E-state index in [-0.39, 0.29) is 0 Å². The molecule has 1 rings (SSSR count). The van der Waals surface area contributed by atoms with Crippen LogP contribution in [0.5, 0.6) is 0 Å². The highest BCUT2D eigenvalue weighted by Gasteiger charge is 2.09. The largest absolute Gasteiger partial charge is 0.399 e. The van der Waals surface area contributed by atoms with Crippen LogP contribution < -0.4 is 5.73 Å². The number of nitrogens with zero attached hydrogens (tertiary/aromatic N) is 1. The molecule has 0 fully saturated rings. The molecule has 0 spiro atoms. The quantitative estimate of drug-likeness (QED) is 0.737. The van der Waals surface area contributed by atoms with Gasteiger partial charge in [0.05, 0.1) is 6.61 Å². The highest BCUT2D eigenvalue weighted by atomic mass is 16.5. The van der Waals surface area contributed by atoms with E-state index in [1.165, 1.54) is 5.56 Å². The van der Waals surface area contributed by atoms with E-state index in [0.29, 0.717) is 6.04 Å². The lowest BCUT2D eigenvalue weighted by atomic mass is 10.1. The number of rotatable bonds is 7. The summed E-state index contributed by atoms with van der Waals surface area (Å²) in [5, 5.41) is 0. The minimum absolute atomic E-state index is 0.537. The van der Waals surface area contributed by atoms with Gasteiger partial charge >= 0.3 is 0 Å². The van der Waals surface area contributed by atoms with Crippen LogP contribution in [0, 0.1) is 0 Å². The van der Waals surface area contributed by atoms with Crippen molar-refractivity contribution in [3.8, 4) is 0 Å². The lowest BCUT2D eigenvalue weighted by Crippen LogP contribution is -2.35. The third-order valence-corrected chi connectivity index (χ3v) is 3.04. The monoisotopic (exact) mass is 236 g/mol. The summed E-state index contributed by atoms with van der Waals surface area (Å²) in [6.07, 6.45) is 0.995. The zero-order valence-corrected chi connectivity index (χ0v) is 11.1. The van der Waals surface area contributed by atoms with Crippen molar-refractivity contribution >= 4 is 5.69 Å². The zero-order valence-electron chi connectivity index (χ0n) is 11.1. The van der Waals surface area contributed by atoms with E-state index < -0.39 is 0 Å². The lowest BCUT2D eigenvalue weighted by Gasteiger charge is -2.26. The number of ether oxygens (including phenoxy) is 1. The number of hydrogen-bond donors (Lipinski definition) is 1. The van der Waals surface area contributed by atoms with E-state index in [2.05, 4.69) is 24.8 Å². The maximum atomic E-state index is 5.94. The molecule has 1 aromatic rings. The van der Waals surface area contributed by atoms with E-state index in [0.717, 1.165) is 31.8 Å². The number of para-hydroxylation sites is 1. The minimum atomic E-state index is 0.537. The first-order valence-electron chi connectivity index (χ1n) is 6.21. The van der Waals surface area contributed by atoms with Gasteiger partial charge in [0.15, 0.2) is 0 Å². The fourth-order valence-corrected chi connectivity index (χ4v) is 1.86. The van der Waals surface area contributed by atoms with Crippen molar-refractivity contribution in [2.24, 2.45) is 0 Å². The summed E-state index contributed by atoms with van der Waals surface area (Å²) in [5.74, 6) is 0. The minimum Gasteiger partial charge on any atom is -0.399 e. The summed E-state index contributed by atoms with van der Waals surface area (Å²) in [5.41, 5.74) is 8.06. The molecule has 2 N–H and O–H groups in total. The molecule has 0 aliphatic rings. The van der Waals surface area contributed by atoms with Gasteiger partial charge < -0.3 is 10.5 Å². The second kappa shape index (κ2) is 7.30. The van der Waals surface area contributed by atoms with Gasteiger partial charge in [0.25, 0.3) is 0 Å². The van der Waals surface area contributed by atoms with Crippen LogP contribution in [0.1, 0.15) is 19.4 Å². The molecule has 0 heterocycles. The molecule has 0 bridgehead atoms. The highest BCUT2D eigenvalue weighted by molar-refractivity contribution is 5.46. The van der Waals surface area contributed by atoms with E-state index in [1.807, 2.05) is 18.2 Å². The van der Waals surface area contributed by atoms with Gasteiger partial charge in [-0.2, -0.15) is 0 Å². The van der Waals surface area contributed by atoms with Gasteiger partial charge in [0.1, 0.15) is 0 Å². The predicted octanol–water partition coefficient (Wildman–Crippen LogP) is 2.17. The van der Waals surface area contributed by atoms with Gasteiger partial charge in [-0.15, -0.1) is 0 Å². The summed E-state index contributed by atoms with van der Waals surface area (Å²) in [6.45, 7) is 7.20. The number of anilines is 1. The van der Waals surface area contributed by atoms with E-state index in [9.17, 15) is 0 Å². The van der Waals surface area contributed by atoms with Crippen molar-refractivity contribution in [2.45, 2.75) is 26.3 Å². The molecular weight excluding hydrogens is 212 g/mol. The molecule has 0 saturated carbocycles. The van der Waals surface area contributed by atoms with Gasteiger partial charge in [-0.05, 0) is 31.9 Å². The van der Waals surface area contributed by atoms with Crippen LogP contribution >= 0.6 is 0 Å². The Morgan fingerprint density at radius 3 is 2.53 bits per heavy atom. The van der Waals surface area contributed by atoms with Crippen LogP contribution in [0.4, 0.5) is 5.69 Å². The molecule has 96 valence electrons. The van der Waals surface area contributed by atoms with E-state index in [4.69, 9.17) is 10.5 Å². The molecule has 17 heavy (non-hydrogen) atoms. The molecule has 3 nitrogen and oxygen atoms in total. The standard InChI is InChI=1S/C14H24N2O/c1-12(2)16(10-11-17-3)9-8-13-6-4-5-7-14(13)15/h4-7,12H,8-11,15H2,1-3H3. The second-order valence-electron chi connectivity index (χ2n) is 4.57. The van der Waals surface area contributed by atoms with E-state index >= 15 is 0 Å². The molecule has 1 aromatic carbocycles. The van der Waals surface area contributed by atoms with Gasteiger partial charge in [-0.25, -0.2) is 0 Å². The molecule has 0 atom stereocenters. The summed E-state index contributed by atoms with van der Waals surface area (Å²) < 4.78 is 5.13. The third kappa shape index (κ3) is 4.75. The Kier molecular flexibility index (Phi) is 6.01. The Morgan fingerprint density at radius 2 is 1.94 bits per heavy atom. The highest BCUT2D eigenvalue weighted by Crippen LogP contribution is 2.12. The Balaban J connectivity index is 2.49. The molecule has 0 radical (unpaired) electrons. The SMILES string of the molecule is COCCN(CCc1ccccc1N)C(C)C. The first kappa shape index (κ1) is 14.0. The van der Waals surface area contributed by atoms with Crippen molar-refractivity contribution in [3.63, 3.8) is 0 Å². The average Bonchev–Trinajstić information content (AvgIpc) is 2.31. The van der Waals surface area contributed by atoms with Crippen LogP contribution in [0.2, 0.25) is 0 Å². The maximum absolute atomic E-state index is 5.94. The van der Waals surface area contributed by atoms with Gasteiger partial charge in [0.2, 0.25) is 0 Å². The van der Waals surface area contributed by atoms with Crippen molar-refractivity contribution in [2.75, 3.05) is 32.5 Å². The topological polar surface area (TPSA) is 38.5 Å². The fourth-order valence-electron chi connectivity index (χ4n) is 1.86. The van der Waals surface area contributed by atoms with Gasteiger partial charge in [0, 0.05) is 31.9 Å². The van der Waals surface area contributed by atoms with E-state index in [1.54, 1.807) is 7.11 Å². The van der Waals surface area contributed by atoms with Crippen LogP contribution in [-0.4, -0.2) is 37.7 Å². The van der Waals surface area contributed by atoms with Crippen LogP contribution in [0.3, 0.4) is 0 Å². The molecule has 0 aliphatic carbocycles. The van der Waals surface area contributed by atoms with Crippen molar-refractivity contribution < 1.29 is 4.74 Å². The molecular formula is C14H24N2O. The molecule has 0 amide bonds. The Hall–Kier alpha value is -1.06. The molecule has 0 saturated heterocycles. The second-order valence-corrected chi connectivity index (χ2v) is 4.57. The van der Waals surface area contributed by atoms with Crippen LogP contribution in [0.25, 0.3) is 0 Å². The lowest BCUT2D eigenvalue weighted by molar-refractivity contribution is 0.130. The van der Waals surface area contributed by atoms with Crippen LogP contribution in [0.15, 0.2) is 24.3 Å². The molecule has 0 unspecified atom stereocenters. The summed E-state index contributed by atoms with van der Waals surface area (Å²) in [4.78, 5) is 2.41.